The van der Waals surface area contributed by atoms with E-state index in [1.54, 1.807) is 11.0 Å². The van der Waals surface area contributed by atoms with Gasteiger partial charge in [-0.3, -0.25) is 4.79 Å². The van der Waals surface area contributed by atoms with Crippen LogP contribution in [0.3, 0.4) is 0 Å². The highest BCUT2D eigenvalue weighted by molar-refractivity contribution is 5.94. The summed E-state index contributed by atoms with van der Waals surface area (Å²) in [6.45, 7) is 4.07. The Morgan fingerprint density at radius 2 is 2.30 bits per heavy atom. The van der Waals surface area contributed by atoms with E-state index in [9.17, 15) is 9.18 Å². The number of nitrogens with two attached hydrogens (primary N) is 1. The first-order valence-electron chi connectivity index (χ1n) is 6.89. The monoisotopic (exact) mass is 280 g/mol. The molecule has 2 unspecified atom stereocenters. The van der Waals surface area contributed by atoms with Gasteiger partial charge in [0.15, 0.2) is 11.6 Å². The Bertz CT molecular complexity index is 493. The van der Waals surface area contributed by atoms with Gasteiger partial charge >= 0.3 is 0 Å². The Labute approximate surface area is 118 Å². The second kappa shape index (κ2) is 6.22. The van der Waals surface area contributed by atoms with Crippen molar-refractivity contribution in [2.75, 3.05) is 26.7 Å². The Kier molecular flexibility index (Phi) is 4.60. The standard InChI is InChI=1S/C15H21FN2O2/c1-10-5-6-18(9-12(10)8-17)15(19)11-3-4-14(20-2)13(16)7-11/h3-4,7,10,12H,5-6,8-9,17H2,1-2H3. The molecule has 1 saturated heterocycles. The molecule has 0 bridgehead atoms. The number of carbonyl (C=O) groups excluding carboxylic acids is 1. The smallest absolute Gasteiger partial charge is 0.253 e. The molecule has 0 spiro atoms. The highest BCUT2D eigenvalue weighted by atomic mass is 19.1. The predicted molar refractivity (Wildman–Crippen MR) is 75.2 cm³/mol. The van der Waals surface area contributed by atoms with Crippen molar-refractivity contribution >= 4 is 5.91 Å². The summed E-state index contributed by atoms with van der Waals surface area (Å²) in [6.07, 6.45) is 0.937. The number of hydrogen-bond donors (Lipinski definition) is 1. The fourth-order valence-corrected chi connectivity index (χ4v) is 2.62. The first-order valence-corrected chi connectivity index (χ1v) is 6.89. The van der Waals surface area contributed by atoms with Crippen LogP contribution in [0.15, 0.2) is 18.2 Å². The second-order valence-electron chi connectivity index (χ2n) is 5.36. The van der Waals surface area contributed by atoms with E-state index in [4.69, 9.17) is 10.5 Å². The first-order chi connectivity index (χ1) is 9.56. The Balaban J connectivity index is 2.13. The van der Waals surface area contributed by atoms with Crippen molar-refractivity contribution in [3.63, 3.8) is 0 Å². The van der Waals surface area contributed by atoms with Crippen LogP contribution in [-0.4, -0.2) is 37.6 Å². The number of nitrogens with zero attached hydrogens (tertiary/aromatic N) is 1. The number of likely N-dealkylation sites (tertiary alicyclic amines) is 1. The maximum absolute atomic E-state index is 13.7. The van der Waals surface area contributed by atoms with Gasteiger partial charge in [-0.05, 0) is 43.0 Å². The molecule has 0 aromatic heterocycles. The van der Waals surface area contributed by atoms with Crippen LogP contribution in [0.1, 0.15) is 23.7 Å². The lowest BCUT2D eigenvalue weighted by Crippen LogP contribution is -2.45. The molecule has 4 nitrogen and oxygen atoms in total. The number of amides is 1. The van der Waals surface area contributed by atoms with Gasteiger partial charge in [0.2, 0.25) is 0 Å². The van der Waals surface area contributed by atoms with Gasteiger partial charge in [0.25, 0.3) is 5.91 Å². The largest absolute Gasteiger partial charge is 0.494 e. The molecule has 1 heterocycles. The quantitative estimate of drug-likeness (QED) is 0.920. The lowest BCUT2D eigenvalue weighted by atomic mass is 9.87. The molecule has 0 saturated carbocycles. The van der Waals surface area contributed by atoms with Crippen molar-refractivity contribution < 1.29 is 13.9 Å². The summed E-state index contributed by atoms with van der Waals surface area (Å²) in [5, 5.41) is 0. The van der Waals surface area contributed by atoms with E-state index >= 15 is 0 Å². The zero-order valence-electron chi connectivity index (χ0n) is 11.9. The van der Waals surface area contributed by atoms with Crippen molar-refractivity contribution in [2.45, 2.75) is 13.3 Å². The third-order valence-electron chi connectivity index (χ3n) is 4.10. The molecular weight excluding hydrogens is 259 g/mol. The predicted octanol–water partition coefficient (Wildman–Crippen LogP) is 1.89. The maximum atomic E-state index is 13.7. The number of halogens is 1. The highest BCUT2D eigenvalue weighted by Gasteiger charge is 2.28. The van der Waals surface area contributed by atoms with Crippen molar-refractivity contribution in [3.8, 4) is 5.75 Å². The van der Waals surface area contributed by atoms with E-state index < -0.39 is 5.82 Å². The number of hydrogen-bond acceptors (Lipinski definition) is 3. The van der Waals surface area contributed by atoms with Gasteiger partial charge in [0.1, 0.15) is 0 Å². The minimum atomic E-state index is -0.515. The fourth-order valence-electron chi connectivity index (χ4n) is 2.62. The molecule has 20 heavy (non-hydrogen) atoms. The Hall–Kier alpha value is -1.62. The molecule has 110 valence electrons. The summed E-state index contributed by atoms with van der Waals surface area (Å²) in [6, 6.07) is 4.31. The van der Waals surface area contributed by atoms with Gasteiger partial charge < -0.3 is 15.4 Å². The number of methoxy groups -OCH3 is 1. The van der Waals surface area contributed by atoms with Crippen LogP contribution in [0.2, 0.25) is 0 Å². The fraction of sp³-hybridized carbons (Fsp3) is 0.533. The van der Waals surface area contributed by atoms with Crippen LogP contribution in [0.4, 0.5) is 4.39 Å². The lowest BCUT2D eigenvalue weighted by Gasteiger charge is -2.36. The van der Waals surface area contributed by atoms with E-state index in [1.807, 2.05) is 0 Å². The molecule has 1 aliphatic heterocycles. The van der Waals surface area contributed by atoms with Crippen molar-refractivity contribution in [1.29, 1.82) is 0 Å². The maximum Gasteiger partial charge on any atom is 0.253 e. The van der Waals surface area contributed by atoms with Crippen LogP contribution in [0.25, 0.3) is 0 Å². The van der Waals surface area contributed by atoms with Crippen LogP contribution in [0.5, 0.6) is 5.75 Å². The molecular formula is C15H21FN2O2. The molecule has 0 aliphatic carbocycles. The molecule has 1 aromatic rings. The zero-order chi connectivity index (χ0) is 14.7. The van der Waals surface area contributed by atoms with Crippen LogP contribution in [-0.2, 0) is 0 Å². The summed E-state index contributed by atoms with van der Waals surface area (Å²) in [5.74, 6) is 0.331. The molecule has 2 atom stereocenters. The number of carbonyl (C=O) groups is 1. The van der Waals surface area contributed by atoms with E-state index in [1.165, 1.54) is 19.2 Å². The molecule has 1 fully saturated rings. The van der Waals surface area contributed by atoms with Gasteiger partial charge in [-0.15, -0.1) is 0 Å². The number of ether oxygens (including phenoxy) is 1. The molecule has 0 radical (unpaired) electrons. The first kappa shape index (κ1) is 14.8. The molecule has 1 aliphatic rings. The SMILES string of the molecule is COc1ccc(C(=O)N2CCC(C)C(CN)C2)cc1F. The Morgan fingerprint density at radius 3 is 2.90 bits per heavy atom. The topological polar surface area (TPSA) is 55.6 Å². The van der Waals surface area contributed by atoms with Gasteiger partial charge in [-0.25, -0.2) is 4.39 Å². The van der Waals surface area contributed by atoms with Crippen LogP contribution in [0, 0.1) is 17.7 Å². The van der Waals surface area contributed by atoms with Crippen LogP contribution >= 0.6 is 0 Å². The lowest BCUT2D eigenvalue weighted by molar-refractivity contribution is 0.0618. The van der Waals surface area contributed by atoms with E-state index in [0.717, 1.165) is 6.42 Å². The summed E-state index contributed by atoms with van der Waals surface area (Å²) < 4.78 is 18.5. The van der Waals surface area contributed by atoms with E-state index in [2.05, 4.69) is 6.92 Å². The van der Waals surface area contributed by atoms with Gasteiger partial charge in [-0.1, -0.05) is 6.92 Å². The van der Waals surface area contributed by atoms with E-state index in [-0.39, 0.29) is 11.7 Å². The van der Waals surface area contributed by atoms with E-state index in [0.29, 0.717) is 37.0 Å². The minimum Gasteiger partial charge on any atom is -0.494 e. The summed E-state index contributed by atoms with van der Waals surface area (Å²) >= 11 is 0. The normalized spacial score (nSPS) is 22.7. The molecule has 5 heteroatoms. The van der Waals surface area contributed by atoms with Gasteiger partial charge in [0, 0.05) is 18.7 Å². The molecule has 1 aromatic carbocycles. The summed E-state index contributed by atoms with van der Waals surface area (Å²) in [4.78, 5) is 14.2. The highest BCUT2D eigenvalue weighted by Crippen LogP contribution is 2.25. The number of benzene rings is 1. The Morgan fingerprint density at radius 1 is 1.55 bits per heavy atom. The van der Waals surface area contributed by atoms with Crippen molar-refractivity contribution in [2.24, 2.45) is 17.6 Å². The van der Waals surface area contributed by atoms with Crippen LogP contribution < -0.4 is 10.5 Å². The number of rotatable bonds is 3. The zero-order valence-corrected chi connectivity index (χ0v) is 11.9. The molecule has 2 rings (SSSR count). The number of piperidine rings is 1. The third-order valence-corrected chi connectivity index (χ3v) is 4.10. The van der Waals surface area contributed by atoms with Gasteiger partial charge in [0.05, 0.1) is 7.11 Å². The minimum absolute atomic E-state index is 0.142. The van der Waals surface area contributed by atoms with Crippen molar-refractivity contribution in [3.05, 3.63) is 29.6 Å². The van der Waals surface area contributed by atoms with Crippen molar-refractivity contribution in [1.82, 2.24) is 4.90 Å². The average molecular weight is 280 g/mol. The van der Waals surface area contributed by atoms with Gasteiger partial charge in [-0.2, -0.15) is 0 Å². The third kappa shape index (κ3) is 2.93. The molecule has 1 amide bonds. The average Bonchev–Trinajstić information content (AvgIpc) is 2.47. The summed E-state index contributed by atoms with van der Waals surface area (Å²) in [7, 11) is 1.40. The summed E-state index contributed by atoms with van der Waals surface area (Å²) in [5.41, 5.74) is 6.10. The second-order valence-corrected chi connectivity index (χ2v) is 5.36. The molecule has 2 N–H and O–H groups in total.